The summed E-state index contributed by atoms with van der Waals surface area (Å²) in [5.41, 5.74) is 3.96. The summed E-state index contributed by atoms with van der Waals surface area (Å²) in [6.07, 6.45) is 3.43. The van der Waals surface area contributed by atoms with Gasteiger partial charge in [0.05, 0.1) is 31.0 Å². The second-order valence-corrected chi connectivity index (χ2v) is 8.22. The molecule has 4 rings (SSSR count). The van der Waals surface area contributed by atoms with Crippen molar-refractivity contribution >= 4 is 11.7 Å². The molecule has 3 heterocycles. The second-order valence-electron chi connectivity index (χ2n) is 8.22. The maximum atomic E-state index is 12.8. The van der Waals surface area contributed by atoms with Crippen molar-refractivity contribution in [1.29, 1.82) is 0 Å². The highest BCUT2D eigenvalue weighted by Gasteiger charge is 2.26. The van der Waals surface area contributed by atoms with Crippen LogP contribution in [0.2, 0.25) is 0 Å². The van der Waals surface area contributed by atoms with E-state index < -0.39 is 0 Å². The minimum atomic E-state index is -0.0522. The first-order chi connectivity index (χ1) is 15.5. The number of hydrogen-bond donors (Lipinski definition) is 1. The number of nitrogens with one attached hydrogen (secondary N) is 1. The molecule has 2 aromatic heterocycles. The molecule has 1 unspecified atom stereocenters. The lowest BCUT2D eigenvalue weighted by Gasteiger charge is -2.33. The fourth-order valence-electron chi connectivity index (χ4n) is 4.17. The van der Waals surface area contributed by atoms with Gasteiger partial charge in [-0.1, -0.05) is 0 Å². The van der Waals surface area contributed by atoms with E-state index in [9.17, 15) is 4.79 Å². The van der Waals surface area contributed by atoms with E-state index in [0.717, 1.165) is 53.6 Å². The van der Waals surface area contributed by atoms with Crippen molar-refractivity contribution in [2.45, 2.75) is 33.2 Å². The van der Waals surface area contributed by atoms with Crippen LogP contribution < -0.4 is 15.0 Å². The van der Waals surface area contributed by atoms with Crippen LogP contribution in [-0.4, -0.2) is 52.4 Å². The summed E-state index contributed by atoms with van der Waals surface area (Å²) in [5, 5.41) is 7.54. The molecule has 1 aliphatic heterocycles. The molecular weight excluding hydrogens is 404 g/mol. The van der Waals surface area contributed by atoms with E-state index in [2.05, 4.69) is 25.3 Å². The van der Waals surface area contributed by atoms with Gasteiger partial charge in [0, 0.05) is 37.0 Å². The number of nitrogens with zero attached hydrogens (tertiary/aromatic N) is 5. The summed E-state index contributed by atoms with van der Waals surface area (Å²) in [7, 11) is 1.65. The SMILES string of the molecule is COc1ccc(-c2cc(N3CCCC(C(=O)NCCn4nc(C)cc4C)C3)ncn2)cc1. The molecule has 1 fully saturated rings. The highest BCUT2D eigenvalue weighted by molar-refractivity contribution is 5.79. The maximum Gasteiger partial charge on any atom is 0.224 e. The molecule has 1 N–H and O–H groups in total. The number of rotatable bonds is 7. The highest BCUT2D eigenvalue weighted by atomic mass is 16.5. The topological polar surface area (TPSA) is 85.2 Å². The molecule has 8 nitrogen and oxygen atoms in total. The molecule has 1 aliphatic rings. The van der Waals surface area contributed by atoms with Crippen LogP contribution in [0.4, 0.5) is 5.82 Å². The third kappa shape index (κ3) is 5.07. The Bertz CT molecular complexity index is 1060. The molecule has 0 radical (unpaired) electrons. The average Bonchev–Trinajstić information content (AvgIpc) is 3.16. The van der Waals surface area contributed by atoms with Crippen molar-refractivity contribution in [1.82, 2.24) is 25.1 Å². The molecule has 8 heteroatoms. The minimum Gasteiger partial charge on any atom is -0.497 e. The van der Waals surface area contributed by atoms with Crippen LogP contribution in [0.1, 0.15) is 24.2 Å². The Morgan fingerprint density at radius 1 is 1.19 bits per heavy atom. The molecule has 168 valence electrons. The van der Waals surface area contributed by atoms with Crippen LogP contribution in [0, 0.1) is 19.8 Å². The van der Waals surface area contributed by atoms with Crippen LogP contribution in [0.15, 0.2) is 42.7 Å². The normalized spacial score (nSPS) is 16.1. The molecule has 0 saturated carbocycles. The lowest BCUT2D eigenvalue weighted by atomic mass is 9.97. The van der Waals surface area contributed by atoms with E-state index in [0.29, 0.717) is 19.6 Å². The van der Waals surface area contributed by atoms with Crippen LogP contribution in [0.25, 0.3) is 11.3 Å². The lowest BCUT2D eigenvalue weighted by molar-refractivity contribution is -0.125. The minimum absolute atomic E-state index is 0.0522. The first-order valence-electron chi connectivity index (χ1n) is 11.0. The van der Waals surface area contributed by atoms with Gasteiger partial charge in [-0.05, 0) is 57.0 Å². The summed E-state index contributed by atoms with van der Waals surface area (Å²) in [6.45, 7) is 6.81. The third-order valence-electron chi connectivity index (χ3n) is 5.88. The second kappa shape index (κ2) is 9.80. The number of ether oxygens (including phenoxy) is 1. The van der Waals surface area contributed by atoms with Gasteiger partial charge in [-0.25, -0.2) is 9.97 Å². The first-order valence-corrected chi connectivity index (χ1v) is 11.0. The smallest absolute Gasteiger partial charge is 0.224 e. The molecular formula is C24H30N6O2. The number of benzene rings is 1. The van der Waals surface area contributed by atoms with Crippen LogP contribution >= 0.6 is 0 Å². The quantitative estimate of drug-likeness (QED) is 0.615. The van der Waals surface area contributed by atoms with E-state index >= 15 is 0 Å². The number of carbonyl (C=O) groups excluding carboxylic acids is 1. The molecule has 0 spiro atoms. The van der Waals surface area contributed by atoms with Crippen molar-refractivity contribution < 1.29 is 9.53 Å². The molecule has 0 aliphatic carbocycles. The van der Waals surface area contributed by atoms with Crippen LogP contribution in [-0.2, 0) is 11.3 Å². The fourth-order valence-corrected chi connectivity index (χ4v) is 4.17. The highest BCUT2D eigenvalue weighted by Crippen LogP contribution is 2.26. The van der Waals surface area contributed by atoms with Crippen molar-refractivity contribution in [3.8, 4) is 17.0 Å². The zero-order valence-corrected chi connectivity index (χ0v) is 18.9. The molecule has 0 bridgehead atoms. The Hall–Kier alpha value is -3.42. The Balaban J connectivity index is 1.36. The van der Waals surface area contributed by atoms with Gasteiger partial charge in [-0.3, -0.25) is 9.48 Å². The van der Waals surface area contributed by atoms with Crippen molar-refractivity contribution in [2.24, 2.45) is 5.92 Å². The van der Waals surface area contributed by atoms with E-state index in [1.165, 1.54) is 0 Å². The first kappa shape index (κ1) is 21.8. The number of carbonyl (C=O) groups is 1. The van der Waals surface area contributed by atoms with Crippen molar-refractivity contribution in [3.63, 3.8) is 0 Å². The van der Waals surface area contributed by atoms with E-state index in [-0.39, 0.29) is 11.8 Å². The van der Waals surface area contributed by atoms with Gasteiger partial charge in [-0.15, -0.1) is 0 Å². The number of piperidine rings is 1. The number of hydrogen-bond acceptors (Lipinski definition) is 6. The predicted molar refractivity (Wildman–Crippen MR) is 124 cm³/mol. The monoisotopic (exact) mass is 434 g/mol. The molecule has 3 aromatic rings. The Morgan fingerprint density at radius 3 is 2.72 bits per heavy atom. The van der Waals surface area contributed by atoms with Gasteiger partial charge in [0.1, 0.15) is 17.9 Å². The molecule has 1 aromatic carbocycles. The third-order valence-corrected chi connectivity index (χ3v) is 5.88. The molecule has 1 saturated heterocycles. The van der Waals surface area contributed by atoms with Gasteiger partial charge in [-0.2, -0.15) is 5.10 Å². The number of amides is 1. The number of anilines is 1. The van der Waals surface area contributed by atoms with Gasteiger partial charge in [0.15, 0.2) is 0 Å². The van der Waals surface area contributed by atoms with Gasteiger partial charge < -0.3 is 15.0 Å². The Labute approximate surface area is 188 Å². The number of aryl methyl sites for hydroxylation is 2. The lowest BCUT2D eigenvalue weighted by Crippen LogP contribution is -2.44. The van der Waals surface area contributed by atoms with Gasteiger partial charge in [0.2, 0.25) is 5.91 Å². The Morgan fingerprint density at radius 2 is 2.00 bits per heavy atom. The van der Waals surface area contributed by atoms with Gasteiger partial charge in [0.25, 0.3) is 0 Å². The van der Waals surface area contributed by atoms with Gasteiger partial charge >= 0.3 is 0 Å². The summed E-state index contributed by atoms with van der Waals surface area (Å²) in [6, 6.07) is 11.9. The summed E-state index contributed by atoms with van der Waals surface area (Å²) in [4.78, 5) is 23.9. The average molecular weight is 435 g/mol. The standard InChI is InChI=1S/C24H30N6O2/c1-17-13-18(2)30(28-17)12-10-25-24(31)20-5-4-11-29(15-20)23-14-22(26-16-27-23)19-6-8-21(32-3)9-7-19/h6-9,13-14,16,20H,4-5,10-12,15H2,1-3H3,(H,25,31). The van der Waals surface area contributed by atoms with Crippen molar-refractivity contribution in [3.05, 3.63) is 54.1 Å². The maximum absolute atomic E-state index is 12.8. The molecule has 32 heavy (non-hydrogen) atoms. The zero-order valence-electron chi connectivity index (χ0n) is 18.9. The van der Waals surface area contributed by atoms with E-state index in [1.807, 2.05) is 54.9 Å². The molecule has 1 amide bonds. The summed E-state index contributed by atoms with van der Waals surface area (Å²) < 4.78 is 7.17. The van der Waals surface area contributed by atoms with E-state index in [1.54, 1.807) is 13.4 Å². The van der Waals surface area contributed by atoms with Crippen molar-refractivity contribution in [2.75, 3.05) is 31.6 Å². The zero-order chi connectivity index (χ0) is 22.5. The van der Waals surface area contributed by atoms with Crippen LogP contribution in [0.3, 0.4) is 0 Å². The molecule has 1 atom stereocenters. The number of aromatic nitrogens is 4. The summed E-state index contributed by atoms with van der Waals surface area (Å²) >= 11 is 0. The fraction of sp³-hybridized carbons (Fsp3) is 0.417. The van der Waals surface area contributed by atoms with Crippen LogP contribution in [0.5, 0.6) is 5.75 Å². The predicted octanol–water partition coefficient (Wildman–Crippen LogP) is 3.00. The summed E-state index contributed by atoms with van der Waals surface area (Å²) in [5.74, 6) is 1.71. The largest absolute Gasteiger partial charge is 0.497 e. The number of methoxy groups -OCH3 is 1. The van der Waals surface area contributed by atoms with E-state index in [4.69, 9.17) is 4.74 Å². The Kier molecular flexibility index (Phi) is 6.68.